The number of hydrogen-bond donors (Lipinski definition) is 1. The molecular weight excluding hydrogens is 384 g/mol. The fourth-order valence-corrected chi connectivity index (χ4v) is 4.89. The number of thioether (sulfide) groups is 1. The molecule has 0 saturated carbocycles. The van der Waals surface area contributed by atoms with Crippen LogP contribution in [0, 0.1) is 6.92 Å². The maximum absolute atomic E-state index is 12.8. The van der Waals surface area contributed by atoms with Gasteiger partial charge >= 0.3 is 0 Å². The Balaban J connectivity index is 2.19. The van der Waals surface area contributed by atoms with E-state index in [0.29, 0.717) is 29.5 Å². The van der Waals surface area contributed by atoms with Crippen molar-refractivity contribution in [3.05, 3.63) is 42.2 Å². The van der Waals surface area contributed by atoms with Crippen molar-refractivity contribution in [2.24, 2.45) is 0 Å². The lowest BCUT2D eigenvalue weighted by atomic mass is 10.2. The first-order chi connectivity index (χ1) is 12.8. The van der Waals surface area contributed by atoms with E-state index < -0.39 is 15.3 Å². The van der Waals surface area contributed by atoms with Crippen molar-refractivity contribution in [1.29, 1.82) is 0 Å². The Morgan fingerprint density at radius 1 is 1.22 bits per heavy atom. The molecule has 0 aliphatic rings. The summed E-state index contributed by atoms with van der Waals surface area (Å²) in [7, 11) is -3.60. The maximum atomic E-state index is 12.8. The number of amides is 1. The molecule has 1 aromatic carbocycles. The number of nitrogens with zero attached hydrogens (tertiary/aromatic N) is 3. The highest BCUT2D eigenvalue weighted by atomic mass is 32.2. The molecule has 0 aliphatic heterocycles. The molecule has 2 aromatic rings. The predicted molar refractivity (Wildman–Crippen MR) is 107 cm³/mol. The molecule has 7 nitrogen and oxygen atoms in total. The molecule has 1 amide bonds. The van der Waals surface area contributed by atoms with Crippen LogP contribution in [0.15, 0.2) is 46.7 Å². The second-order valence-corrected chi connectivity index (χ2v) is 9.06. The van der Waals surface area contributed by atoms with Crippen LogP contribution in [0.25, 0.3) is 0 Å². The first kappa shape index (κ1) is 21.3. The van der Waals surface area contributed by atoms with Gasteiger partial charge in [0.25, 0.3) is 0 Å². The lowest BCUT2D eigenvalue weighted by Crippen LogP contribution is -2.31. The van der Waals surface area contributed by atoms with Gasteiger partial charge in [-0.3, -0.25) is 4.79 Å². The maximum Gasteiger partial charge on any atom is 0.243 e. The number of carbonyl (C=O) groups is 1. The van der Waals surface area contributed by atoms with Crippen molar-refractivity contribution >= 4 is 33.4 Å². The van der Waals surface area contributed by atoms with Gasteiger partial charge in [-0.15, -0.1) is 0 Å². The average Bonchev–Trinajstić information content (AvgIpc) is 2.64. The molecule has 27 heavy (non-hydrogen) atoms. The van der Waals surface area contributed by atoms with Gasteiger partial charge in [0.1, 0.15) is 0 Å². The van der Waals surface area contributed by atoms with E-state index in [0.717, 1.165) is 0 Å². The first-order valence-electron chi connectivity index (χ1n) is 8.64. The van der Waals surface area contributed by atoms with Gasteiger partial charge in [-0.1, -0.05) is 31.7 Å². The van der Waals surface area contributed by atoms with Gasteiger partial charge in [-0.25, -0.2) is 18.4 Å². The number of aryl methyl sites for hydroxylation is 1. The van der Waals surface area contributed by atoms with Crippen molar-refractivity contribution in [3.8, 4) is 0 Å². The summed E-state index contributed by atoms with van der Waals surface area (Å²) < 4.78 is 27.0. The van der Waals surface area contributed by atoms with Crippen LogP contribution in [0.4, 0.5) is 5.69 Å². The number of hydrogen-bond acceptors (Lipinski definition) is 6. The molecule has 1 aromatic heterocycles. The number of nitrogens with one attached hydrogen (secondary N) is 1. The summed E-state index contributed by atoms with van der Waals surface area (Å²) in [6, 6.07) is 6.62. The Morgan fingerprint density at radius 3 is 2.44 bits per heavy atom. The summed E-state index contributed by atoms with van der Waals surface area (Å²) in [5.41, 5.74) is 1.08. The Labute approximate surface area is 164 Å². The molecule has 2 rings (SSSR count). The first-order valence-corrected chi connectivity index (χ1v) is 11.0. The molecule has 146 valence electrons. The SMILES string of the molecule is CCN(CC)S(=O)(=O)c1cc(NC(=O)[C@@H](C)Sc2ncccn2)ccc1C. The minimum atomic E-state index is -3.60. The molecule has 1 heterocycles. The van der Waals surface area contributed by atoms with Crippen molar-refractivity contribution in [1.82, 2.24) is 14.3 Å². The third-order valence-corrected chi connectivity index (χ3v) is 7.15. The lowest BCUT2D eigenvalue weighted by Gasteiger charge is -2.20. The van der Waals surface area contributed by atoms with Crippen molar-refractivity contribution in [3.63, 3.8) is 0 Å². The van der Waals surface area contributed by atoms with Crippen LogP contribution in [0.3, 0.4) is 0 Å². The van der Waals surface area contributed by atoms with E-state index in [9.17, 15) is 13.2 Å². The van der Waals surface area contributed by atoms with E-state index in [1.54, 1.807) is 58.3 Å². The Kier molecular flexibility index (Phi) is 7.34. The number of anilines is 1. The zero-order chi connectivity index (χ0) is 20.0. The highest BCUT2D eigenvalue weighted by Crippen LogP contribution is 2.25. The average molecular weight is 409 g/mol. The van der Waals surface area contributed by atoms with Crippen LogP contribution < -0.4 is 5.32 Å². The zero-order valence-electron chi connectivity index (χ0n) is 15.8. The Bertz CT molecular complexity index is 885. The Morgan fingerprint density at radius 2 is 1.85 bits per heavy atom. The molecular formula is C18H24N4O3S2. The summed E-state index contributed by atoms with van der Waals surface area (Å²) in [5.74, 6) is -0.248. The predicted octanol–water partition coefficient (Wildman–Crippen LogP) is 2.93. The number of aromatic nitrogens is 2. The number of benzene rings is 1. The highest BCUT2D eigenvalue weighted by Gasteiger charge is 2.24. The fourth-order valence-electron chi connectivity index (χ4n) is 2.46. The molecule has 1 atom stereocenters. The normalized spacial score (nSPS) is 12.8. The minimum absolute atomic E-state index is 0.204. The van der Waals surface area contributed by atoms with Crippen molar-refractivity contribution < 1.29 is 13.2 Å². The largest absolute Gasteiger partial charge is 0.325 e. The number of carbonyl (C=O) groups excluding carboxylic acids is 1. The van der Waals surface area contributed by atoms with Gasteiger partial charge in [-0.2, -0.15) is 4.31 Å². The highest BCUT2D eigenvalue weighted by molar-refractivity contribution is 8.00. The van der Waals surface area contributed by atoms with E-state index in [1.165, 1.54) is 22.1 Å². The van der Waals surface area contributed by atoms with Crippen LogP contribution in [0.1, 0.15) is 26.3 Å². The molecule has 9 heteroatoms. The van der Waals surface area contributed by atoms with Gasteiger partial charge in [0.05, 0.1) is 10.1 Å². The van der Waals surface area contributed by atoms with Crippen molar-refractivity contribution in [2.45, 2.75) is 43.0 Å². The minimum Gasteiger partial charge on any atom is -0.325 e. The quantitative estimate of drug-likeness (QED) is 0.533. The molecule has 0 radical (unpaired) electrons. The third-order valence-electron chi connectivity index (χ3n) is 3.97. The molecule has 0 saturated heterocycles. The molecule has 0 bridgehead atoms. The molecule has 0 aliphatic carbocycles. The van der Waals surface area contributed by atoms with Gasteiger partial charge in [0, 0.05) is 31.2 Å². The fraction of sp³-hybridized carbons (Fsp3) is 0.389. The van der Waals surface area contributed by atoms with E-state index >= 15 is 0 Å². The van der Waals surface area contributed by atoms with Crippen LogP contribution in [-0.4, -0.2) is 46.9 Å². The molecule has 0 spiro atoms. The lowest BCUT2D eigenvalue weighted by molar-refractivity contribution is -0.115. The second kappa shape index (κ2) is 9.29. The summed E-state index contributed by atoms with van der Waals surface area (Å²) in [4.78, 5) is 20.8. The number of sulfonamides is 1. The Hall–Kier alpha value is -1.97. The van der Waals surface area contributed by atoms with E-state index in [-0.39, 0.29) is 10.8 Å². The number of rotatable bonds is 8. The van der Waals surface area contributed by atoms with Crippen molar-refractivity contribution in [2.75, 3.05) is 18.4 Å². The molecule has 0 unspecified atom stereocenters. The second-order valence-electron chi connectivity index (χ2n) is 5.85. The topological polar surface area (TPSA) is 92.3 Å². The van der Waals surface area contributed by atoms with Gasteiger partial charge in [-0.05, 0) is 37.6 Å². The van der Waals surface area contributed by atoms with Crippen LogP contribution in [-0.2, 0) is 14.8 Å². The van der Waals surface area contributed by atoms with E-state index in [1.807, 2.05) is 0 Å². The van der Waals surface area contributed by atoms with E-state index in [2.05, 4.69) is 15.3 Å². The zero-order valence-corrected chi connectivity index (χ0v) is 17.5. The van der Waals surface area contributed by atoms with Crippen LogP contribution in [0.5, 0.6) is 0 Å². The van der Waals surface area contributed by atoms with Crippen LogP contribution in [0.2, 0.25) is 0 Å². The third kappa shape index (κ3) is 5.27. The standard InChI is InChI=1S/C18H24N4O3S2/c1-5-22(6-2)27(24,25)16-12-15(9-8-13(16)3)21-17(23)14(4)26-18-19-10-7-11-20-18/h7-12,14H,5-6H2,1-4H3,(H,21,23)/t14-/m1/s1. The molecule has 0 fully saturated rings. The smallest absolute Gasteiger partial charge is 0.243 e. The van der Waals surface area contributed by atoms with Gasteiger partial charge in [0.2, 0.25) is 15.9 Å². The molecule has 1 N–H and O–H groups in total. The van der Waals surface area contributed by atoms with Gasteiger partial charge in [0.15, 0.2) is 5.16 Å². The van der Waals surface area contributed by atoms with Gasteiger partial charge < -0.3 is 5.32 Å². The summed E-state index contributed by atoms with van der Waals surface area (Å²) in [5, 5.41) is 2.85. The summed E-state index contributed by atoms with van der Waals surface area (Å²) in [6.07, 6.45) is 3.23. The van der Waals surface area contributed by atoms with E-state index in [4.69, 9.17) is 0 Å². The summed E-state index contributed by atoms with van der Waals surface area (Å²) >= 11 is 1.24. The summed E-state index contributed by atoms with van der Waals surface area (Å²) in [6.45, 7) is 7.86. The van der Waals surface area contributed by atoms with Crippen LogP contribution >= 0.6 is 11.8 Å². The monoisotopic (exact) mass is 408 g/mol.